The van der Waals surface area contributed by atoms with E-state index in [1.807, 2.05) is 6.92 Å². The van der Waals surface area contributed by atoms with E-state index in [0.29, 0.717) is 16.4 Å². The van der Waals surface area contributed by atoms with Crippen molar-refractivity contribution >= 4 is 46.7 Å². The minimum atomic E-state index is -0.679. The van der Waals surface area contributed by atoms with Crippen molar-refractivity contribution < 1.29 is 23.9 Å². The Bertz CT molecular complexity index is 1190. The standard InChI is InChI=1S/C25H21ClN2O5/c1-13-10-15-11-19(13)22-21(15)23(30)28(24(22)31)18-8-2-14(3-9-18)25(32)33-12-20(29)27-17-6-4-16(26)5-7-17/h2-10,15,19,21-22H,11-12H2,1H3,(H,27,29)/t15-,19+,21+,22+/m0/s1. The lowest BCUT2D eigenvalue weighted by Crippen LogP contribution is -2.33. The second-order valence-electron chi connectivity index (χ2n) is 8.66. The average molecular weight is 465 g/mol. The van der Waals surface area contributed by atoms with Gasteiger partial charge in [-0.2, -0.15) is 0 Å². The van der Waals surface area contributed by atoms with Crippen molar-refractivity contribution in [3.8, 4) is 0 Å². The summed E-state index contributed by atoms with van der Waals surface area (Å²) in [5.41, 5.74) is 2.39. The Hall–Kier alpha value is -3.45. The van der Waals surface area contributed by atoms with Gasteiger partial charge in [-0.05, 0) is 73.7 Å². The molecule has 1 saturated heterocycles. The zero-order valence-corrected chi connectivity index (χ0v) is 18.5. The molecule has 0 aromatic heterocycles. The number of hydrogen-bond donors (Lipinski definition) is 1. The number of imide groups is 1. The van der Waals surface area contributed by atoms with E-state index in [2.05, 4.69) is 11.4 Å². The highest BCUT2D eigenvalue weighted by atomic mass is 35.5. The Morgan fingerprint density at radius 3 is 2.39 bits per heavy atom. The van der Waals surface area contributed by atoms with E-state index in [1.54, 1.807) is 36.4 Å². The Morgan fingerprint density at radius 2 is 1.70 bits per heavy atom. The molecule has 2 aromatic carbocycles. The lowest BCUT2D eigenvalue weighted by atomic mass is 9.82. The van der Waals surface area contributed by atoms with E-state index in [1.165, 1.54) is 22.6 Å². The number of carbonyl (C=O) groups is 4. The quantitative estimate of drug-likeness (QED) is 0.412. The van der Waals surface area contributed by atoms with Crippen molar-refractivity contribution in [2.75, 3.05) is 16.8 Å². The van der Waals surface area contributed by atoms with Crippen LogP contribution in [0.3, 0.4) is 0 Å². The van der Waals surface area contributed by atoms with Gasteiger partial charge in [0.15, 0.2) is 6.61 Å². The molecule has 2 aliphatic carbocycles. The lowest BCUT2D eigenvalue weighted by molar-refractivity contribution is -0.123. The number of anilines is 2. The first-order chi connectivity index (χ1) is 15.8. The van der Waals surface area contributed by atoms with Gasteiger partial charge in [-0.1, -0.05) is 23.3 Å². The second-order valence-corrected chi connectivity index (χ2v) is 9.09. The number of esters is 1. The lowest BCUT2D eigenvalue weighted by Gasteiger charge is -2.19. The predicted molar refractivity (Wildman–Crippen MR) is 122 cm³/mol. The SMILES string of the molecule is CC1=C[C@H]2C[C@H]1[C@H]1C(=O)N(c3ccc(C(=O)OCC(=O)Nc4ccc(Cl)cc4)cc3)C(=O)[C@@H]12. The van der Waals surface area contributed by atoms with Crippen LogP contribution in [0.1, 0.15) is 23.7 Å². The monoisotopic (exact) mass is 464 g/mol. The molecule has 0 unspecified atom stereocenters. The Morgan fingerprint density at radius 1 is 1.03 bits per heavy atom. The molecule has 3 aliphatic rings. The van der Waals surface area contributed by atoms with E-state index in [-0.39, 0.29) is 41.0 Å². The summed E-state index contributed by atoms with van der Waals surface area (Å²) in [5, 5.41) is 3.15. The molecule has 2 fully saturated rings. The molecule has 0 spiro atoms. The van der Waals surface area contributed by atoms with Crippen LogP contribution < -0.4 is 10.2 Å². The first-order valence-electron chi connectivity index (χ1n) is 10.7. The minimum absolute atomic E-state index is 0.134. The fraction of sp³-hybridized carbons (Fsp3) is 0.280. The number of fused-ring (bicyclic) bond motifs is 5. The van der Waals surface area contributed by atoms with Crippen LogP contribution >= 0.6 is 11.6 Å². The third-order valence-corrected chi connectivity index (χ3v) is 6.96. The summed E-state index contributed by atoms with van der Waals surface area (Å²) in [5.74, 6) is -1.78. The molecule has 2 bridgehead atoms. The maximum atomic E-state index is 13.0. The fourth-order valence-electron chi connectivity index (χ4n) is 5.22. The van der Waals surface area contributed by atoms with Crippen LogP contribution in [-0.2, 0) is 19.1 Å². The smallest absolute Gasteiger partial charge is 0.338 e. The Balaban J connectivity index is 1.21. The fourth-order valence-corrected chi connectivity index (χ4v) is 5.35. The molecule has 33 heavy (non-hydrogen) atoms. The third-order valence-electron chi connectivity index (χ3n) is 6.70. The van der Waals surface area contributed by atoms with E-state index < -0.39 is 18.5 Å². The van der Waals surface area contributed by atoms with Crippen molar-refractivity contribution in [3.63, 3.8) is 0 Å². The number of nitrogens with one attached hydrogen (secondary N) is 1. The number of rotatable bonds is 5. The Kier molecular flexibility index (Phi) is 5.29. The zero-order valence-electron chi connectivity index (χ0n) is 17.8. The van der Waals surface area contributed by atoms with Crippen LogP contribution in [0, 0.1) is 23.7 Å². The maximum Gasteiger partial charge on any atom is 0.338 e. The van der Waals surface area contributed by atoms with Gasteiger partial charge in [0.05, 0.1) is 23.1 Å². The molecule has 7 nitrogen and oxygen atoms in total. The van der Waals surface area contributed by atoms with Gasteiger partial charge in [0.2, 0.25) is 11.8 Å². The highest BCUT2D eigenvalue weighted by molar-refractivity contribution is 6.30. The number of allylic oxidation sites excluding steroid dienone is 2. The normalized spacial score (nSPS) is 25.2. The molecule has 168 valence electrons. The van der Waals surface area contributed by atoms with Gasteiger partial charge >= 0.3 is 5.97 Å². The highest BCUT2D eigenvalue weighted by Gasteiger charge is 2.60. The van der Waals surface area contributed by atoms with Crippen LogP contribution in [0.2, 0.25) is 5.02 Å². The van der Waals surface area contributed by atoms with Crippen molar-refractivity contribution in [1.29, 1.82) is 0 Å². The van der Waals surface area contributed by atoms with Gasteiger partial charge in [0.25, 0.3) is 5.91 Å². The number of ether oxygens (including phenoxy) is 1. The minimum Gasteiger partial charge on any atom is -0.452 e. The molecular formula is C25H21ClN2O5. The number of halogens is 1. The Labute approximate surface area is 195 Å². The molecule has 0 radical (unpaired) electrons. The molecule has 1 heterocycles. The van der Waals surface area contributed by atoms with E-state index in [0.717, 1.165) is 6.42 Å². The van der Waals surface area contributed by atoms with Crippen molar-refractivity contribution in [2.45, 2.75) is 13.3 Å². The number of hydrogen-bond acceptors (Lipinski definition) is 5. The van der Waals surface area contributed by atoms with Gasteiger partial charge in [0.1, 0.15) is 0 Å². The van der Waals surface area contributed by atoms with Crippen molar-refractivity contribution in [2.24, 2.45) is 23.7 Å². The van der Waals surface area contributed by atoms with Crippen LogP contribution in [0.15, 0.2) is 60.2 Å². The summed E-state index contributed by atoms with van der Waals surface area (Å²) in [6.45, 7) is 1.57. The van der Waals surface area contributed by atoms with Crippen LogP contribution in [0.4, 0.5) is 11.4 Å². The topological polar surface area (TPSA) is 92.8 Å². The number of nitrogens with zero attached hydrogens (tertiary/aromatic N) is 1. The molecule has 3 amide bonds. The maximum absolute atomic E-state index is 13.0. The van der Waals surface area contributed by atoms with Crippen LogP contribution in [0.25, 0.3) is 0 Å². The molecule has 1 aliphatic heterocycles. The van der Waals surface area contributed by atoms with Crippen LogP contribution in [-0.4, -0.2) is 30.3 Å². The highest BCUT2D eigenvalue weighted by Crippen LogP contribution is 2.55. The number of benzene rings is 2. The molecule has 5 rings (SSSR count). The first kappa shape index (κ1) is 21.4. The second kappa shape index (κ2) is 8.15. The van der Waals surface area contributed by atoms with E-state index in [9.17, 15) is 19.2 Å². The molecule has 1 saturated carbocycles. The molecule has 4 atom stereocenters. The first-order valence-corrected chi connectivity index (χ1v) is 11.1. The van der Waals surface area contributed by atoms with Crippen molar-refractivity contribution in [3.05, 3.63) is 70.8 Å². The largest absolute Gasteiger partial charge is 0.452 e. The number of carbonyl (C=O) groups excluding carboxylic acids is 4. The van der Waals surface area contributed by atoms with Crippen molar-refractivity contribution in [1.82, 2.24) is 0 Å². The summed E-state index contributed by atoms with van der Waals surface area (Å²) < 4.78 is 5.07. The number of amides is 3. The molecule has 1 N–H and O–H groups in total. The van der Waals surface area contributed by atoms with Gasteiger partial charge in [-0.25, -0.2) is 4.79 Å². The summed E-state index contributed by atoms with van der Waals surface area (Å²) >= 11 is 5.81. The van der Waals surface area contributed by atoms with Gasteiger partial charge in [-0.15, -0.1) is 0 Å². The summed E-state index contributed by atoms with van der Waals surface area (Å²) in [6, 6.07) is 12.6. The average Bonchev–Trinajstić information content (AvgIpc) is 3.44. The molecule has 2 aromatic rings. The van der Waals surface area contributed by atoms with Crippen LogP contribution in [0.5, 0.6) is 0 Å². The van der Waals surface area contributed by atoms with Gasteiger partial charge in [-0.3, -0.25) is 19.3 Å². The van der Waals surface area contributed by atoms with Gasteiger partial charge < -0.3 is 10.1 Å². The molecule has 8 heteroatoms. The van der Waals surface area contributed by atoms with Gasteiger partial charge in [0, 0.05) is 10.7 Å². The van der Waals surface area contributed by atoms with E-state index >= 15 is 0 Å². The predicted octanol–water partition coefficient (Wildman–Crippen LogP) is 3.84. The zero-order chi connectivity index (χ0) is 23.3. The third kappa shape index (κ3) is 3.72. The summed E-state index contributed by atoms with van der Waals surface area (Å²) in [4.78, 5) is 51.6. The molecular weight excluding hydrogens is 444 g/mol. The summed E-state index contributed by atoms with van der Waals surface area (Å²) in [7, 11) is 0. The van der Waals surface area contributed by atoms with E-state index in [4.69, 9.17) is 16.3 Å². The summed E-state index contributed by atoms with van der Waals surface area (Å²) in [6.07, 6.45) is 3.01.